The largest absolute Gasteiger partial charge is 0.354 e. The Labute approximate surface area is 145 Å². The first-order valence-electron chi connectivity index (χ1n) is 7.54. The maximum Gasteiger partial charge on any atom is 0.251 e. The quantitative estimate of drug-likeness (QED) is 0.843. The maximum absolute atomic E-state index is 12.8. The topological polar surface area (TPSA) is 58.2 Å². The molecule has 0 saturated heterocycles. The van der Waals surface area contributed by atoms with Crippen LogP contribution in [0.3, 0.4) is 0 Å². The minimum Gasteiger partial charge on any atom is -0.354 e. The molecule has 0 aliphatic rings. The molecule has 0 spiro atoms. The highest BCUT2D eigenvalue weighted by atomic mass is 35.5. The zero-order chi connectivity index (χ0) is 17.5. The van der Waals surface area contributed by atoms with E-state index in [2.05, 4.69) is 10.6 Å². The Morgan fingerprint density at radius 2 is 1.71 bits per heavy atom. The summed E-state index contributed by atoms with van der Waals surface area (Å²) in [5, 5.41) is 5.91. The highest BCUT2D eigenvalue weighted by molar-refractivity contribution is 6.30. The molecular weight excluding hydrogens is 331 g/mol. The lowest BCUT2D eigenvalue weighted by Crippen LogP contribution is -2.45. The van der Waals surface area contributed by atoms with Gasteiger partial charge in [-0.2, -0.15) is 0 Å². The Kier molecular flexibility index (Phi) is 6.32. The second kappa shape index (κ2) is 8.45. The second-order valence-corrected chi connectivity index (χ2v) is 5.81. The summed E-state index contributed by atoms with van der Waals surface area (Å²) in [7, 11) is 0. The van der Waals surface area contributed by atoms with Crippen molar-refractivity contribution >= 4 is 23.4 Å². The average molecular weight is 349 g/mol. The van der Waals surface area contributed by atoms with Gasteiger partial charge in [0.15, 0.2) is 0 Å². The third-order valence-corrected chi connectivity index (χ3v) is 3.73. The molecule has 2 aromatic carbocycles. The molecule has 2 amide bonds. The SMILES string of the molecule is CC(NC(=O)c1ccc(Cl)cc1)C(=O)NCCc1ccc(F)cc1. The molecule has 24 heavy (non-hydrogen) atoms. The van der Waals surface area contributed by atoms with Crippen molar-refractivity contribution in [3.05, 3.63) is 70.5 Å². The molecule has 6 heteroatoms. The van der Waals surface area contributed by atoms with Gasteiger partial charge in [-0.15, -0.1) is 0 Å². The summed E-state index contributed by atoms with van der Waals surface area (Å²) in [4.78, 5) is 24.0. The number of nitrogens with one attached hydrogen (secondary N) is 2. The molecule has 0 aliphatic carbocycles. The van der Waals surface area contributed by atoms with Gasteiger partial charge in [-0.1, -0.05) is 23.7 Å². The van der Waals surface area contributed by atoms with E-state index in [1.54, 1.807) is 43.3 Å². The third-order valence-electron chi connectivity index (χ3n) is 3.47. The van der Waals surface area contributed by atoms with Crippen molar-refractivity contribution < 1.29 is 14.0 Å². The van der Waals surface area contributed by atoms with E-state index in [9.17, 15) is 14.0 Å². The molecule has 0 saturated carbocycles. The Morgan fingerprint density at radius 1 is 1.08 bits per heavy atom. The predicted molar refractivity (Wildman–Crippen MR) is 91.5 cm³/mol. The summed E-state index contributed by atoms with van der Waals surface area (Å²) in [6.45, 7) is 2.02. The highest BCUT2D eigenvalue weighted by Gasteiger charge is 2.16. The lowest BCUT2D eigenvalue weighted by molar-refractivity contribution is -0.122. The molecule has 0 heterocycles. The lowest BCUT2D eigenvalue weighted by Gasteiger charge is -2.14. The van der Waals surface area contributed by atoms with E-state index in [4.69, 9.17) is 11.6 Å². The number of rotatable bonds is 6. The van der Waals surface area contributed by atoms with Crippen molar-refractivity contribution in [3.63, 3.8) is 0 Å². The molecule has 0 aromatic heterocycles. The zero-order valence-corrected chi connectivity index (χ0v) is 13.9. The first-order valence-corrected chi connectivity index (χ1v) is 7.92. The molecule has 126 valence electrons. The molecule has 0 aliphatic heterocycles. The Balaban J connectivity index is 1.78. The second-order valence-electron chi connectivity index (χ2n) is 5.37. The van der Waals surface area contributed by atoms with Gasteiger partial charge in [0.2, 0.25) is 5.91 Å². The number of hydrogen-bond donors (Lipinski definition) is 2. The molecule has 0 fully saturated rings. The van der Waals surface area contributed by atoms with Gasteiger partial charge < -0.3 is 10.6 Å². The molecular formula is C18H18ClFN2O2. The highest BCUT2D eigenvalue weighted by Crippen LogP contribution is 2.09. The number of halogens is 2. The third kappa shape index (κ3) is 5.35. The van der Waals surface area contributed by atoms with Crippen molar-refractivity contribution in [2.45, 2.75) is 19.4 Å². The Morgan fingerprint density at radius 3 is 2.33 bits per heavy atom. The van der Waals surface area contributed by atoms with Crippen LogP contribution in [-0.4, -0.2) is 24.4 Å². The molecule has 1 unspecified atom stereocenters. The van der Waals surface area contributed by atoms with Crippen LogP contribution in [0.2, 0.25) is 5.02 Å². The number of amides is 2. The fourth-order valence-corrected chi connectivity index (χ4v) is 2.21. The van der Waals surface area contributed by atoms with Gasteiger partial charge in [0.1, 0.15) is 11.9 Å². The predicted octanol–water partition coefficient (Wildman–Crippen LogP) is 2.96. The Hall–Kier alpha value is -2.40. The molecule has 1 atom stereocenters. The van der Waals surface area contributed by atoms with Gasteiger partial charge in [0, 0.05) is 17.1 Å². The van der Waals surface area contributed by atoms with Crippen LogP contribution in [0.1, 0.15) is 22.8 Å². The van der Waals surface area contributed by atoms with E-state index in [-0.39, 0.29) is 17.6 Å². The van der Waals surface area contributed by atoms with Crippen molar-refractivity contribution in [2.24, 2.45) is 0 Å². The zero-order valence-electron chi connectivity index (χ0n) is 13.2. The van der Waals surface area contributed by atoms with Gasteiger partial charge in [0.25, 0.3) is 5.91 Å². The number of carbonyl (C=O) groups excluding carboxylic acids is 2. The summed E-state index contributed by atoms with van der Waals surface area (Å²) >= 11 is 5.77. The minimum atomic E-state index is -0.665. The van der Waals surface area contributed by atoms with Gasteiger partial charge in [-0.3, -0.25) is 9.59 Å². The standard InChI is InChI=1S/C18H18ClFN2O2/c1-12(22-18(24)14-4-6-15(19)7-5-14)17(23)21-11-10-13-2-8-16(20)9-3-13/h2-9,12H,10-11H2,1H3,(H,21,23)(H,22,24). The lowest BCUT2D eigenvalue weighted by atomic mass is 10.1. The van der Waals surface area contributed by atoms with Crippen molar-refractivity contribution in [1.29, 1.82) is 0 Å². The van der Waals surface area contributed by atoms with Gasteiger partial charge in [-0.05, 0) is 55.3 Å². The monoisotopic (exact) mass is 348 g/mol. The summed E-state index contributed by atoms with van der Waals surface area (Å²) < 4.78 is 12.8. The van der Waals surface area contributed by atoms with Gasteiger partial charge in [0.05, 0.1) is 0 Å². The summed E-state index contributed by atoms with van der Waals surface area (Å²) in [5.74, 6) is -0.909. The van der Waals surface area contributed by atoms with Crippen LogP contribution in [-0.2, 0) is 11.2 Å². The fraction of sp³-hybridized carbons (Fsp3) is 0.222. The van der Waals surface area contributed by atoms with Crippen LogP contribution >= 0.6 is 11.6 Å². The van der Waals surface area contributed by atoms with E-state index in [0.717, 1.165) is 5.56 Å². The molecule has 4 nitrogen and oxygen atoms in total. The average Bonchev–Trinajstić information content (AvgIpc) is 2.57. The fourth-order valence-electron chi connectivity index (χ4n) is 2.08. The van der Waals surface area contributed by atoms with Crippen molar-refractivity contribution in [1.82, 2.24) is 10.6 Å². The van der Waals surface area contributed by atoms with Crippen LogP contribution < -0.4 is 10.6 Å². The number of carbonyl (C=O) groups is 2. The smallest absolute Gasteiger partial charge is 0.251 e. The minimum absolute atomic E-state index is 0.278. The van der Waals surface area contributed by atoms with Crippen molar-refractivity contribution in [2.75, 3.05) is 6.54 Å². The van der Waals surface area contributed by atoms with E-state index < -0.39 is 6.04 Å². The van der Waals surface area contributed by atoms with E-state index >= 15 is 0 Å². The van der Waals surface area contributed by atoms with E-state index in [0.29, 0.717) is 23.6 Å². The molecule has 2 N–H and O–H groups in total. The van der Waals surface area contributed by atoms with E-state index in [1.165, 1.54) is 12.1 Å². The van der Waals surface area contributed by atoms with Gasteiger partial charge in [-0.25, -0.2) is 4.39 Å². The number of hydrogen-bond acceptors (Lipinski definition) is 2. The van der Waals surface area contributed by atoms with E-state index in [1.807, 2.05) is 0 Å². The Bertz CT molecular complexity index is 702. The number of benzene rings is 2. The molecule has 0 bridgehead atoms. The summed E-state index contributed by atoms with van der Waals surface area (Å²) in [6.07, 6.45) is 0.587. The van der Waals surface area contributed by atoms with Crippen LogP contribution in [0.4, 0.5) is 4.39 Å². The van der Waals surface area contributed by atoms with Crippen LogP contribution in [0.15, 0.2) is 48.5 Å². The first kappa shape index (κ1) is 17.9. The molecule has 2 rings (SSSR count). The van der Waals surface area contributed by atoms with Crippen LogP contribution in [0.25, 0.3) is 0 Å². The van der Waals surface area contributed by atoms with Crippen molar-refractivity contribution in [3.8, 4) is 0 Å². The summed E-state index contributed by atoms with van der Waals surface area (Å²) in [5.41, 5.74) is 1.36. The normalized spacial score (nSPS) is 11.6. The first-order chi connectivity index (χ1) is 11.5. The molecule has 0 radical (unpaired) electrons. The van der Waals surface area contributed by atoms with Gasteiger partial charge >= 0.3 is 0 Å². The molecule has 2 aromatic rings. The van der Waals surface area contributed by atoms with Crippen LogP contribution in [0.5, 0.6) is 0 Å². The maximum atomic E-state index is 12.8. The summed E-state index contributed by atoms with van der Waals surface area (Å²) in [6, 6.07) is 11.9. The van der Waals surface area contributed by atoms with Crippen LogP contribution in [0, 0.1) is 5.82 Å².